The van der Waals surface area contributed by atoms with Crippen molar-refractivity contribution in [2.75, 3.05) is 5.75 Å². The quantitative estimate of drug-likeness (QED) is 0.639. The van der Waals surface area contributed by atoms with Crippen LogP contribution in [0.1, 0.15) is 21.8 Å². The molecular formula is C19H16FN3O2S. The molecule has 0 saturated heterocycles. The van der Waals surface area contributed by atoms with Crippen LogP contribution in [0, 0.1) is 5.82 Å². The Morgan fingerprint density at radius 1 is 1.12 bits per heavy atom. The number of nitrogens with zero attached hydrogens (tertiary/aromatic N) is 2. The maximum Gasteiger partial charge on any atom is 0.276 e. The summed E-state index contributed by atoms with van der Waals surface area (Å²) in [6, 6.07) is 15.3. The van der Waals surface area contributed by atoms with Crippen molar-refractivity contribution in [3.8, 4) is 0 Å². The number of aromatic nitrogens is 2. The van der Waals surface area contributed by atoms with Gasteiger partial charge in [-0.3, -0.25) is 4.79 Å². The van der Waals surface area contributed by atoms with Gasteiger partial charge in [-0.05, 0) is 29.8 Å². The Balaban J connectivity index is 1.45. The Kier molecular flexibility index (Phi) is 6.16. The molecule has 0 aliphatic rings. The number of benzene rings is 2. The molecule has 0 aliphatic carbocycles. The van der Waals surface area contributed by atoms with Gasteiger partial charge in [-0.15, -0.1) is 10.2 Å². The van der Waals surface area contributed by atoms with Crippen molar-refractivity contribution in [3.63, 3.8) is 0 Å². The van der Waals surface area contributed by atoms with Gasteiger partial charge in [0.2, 0.25) is 5.89 Å². The highest BCUT2D eigenvalue weighted by molar-refractivity contribution is 7.99. The standard InChI is InChI=1S/C19H16FN3O2S/c20-16-10-8-15(9-11-16)18(24)21-13-17-22-23-19(25-17)26-12-4-7-14-5-2-1-3-6-14/h1-11H,12-13H2,(H,21,24). The second-order valence-corrected chi connectivity index (χ2v) is 6.25. The van der Waals surface area contributed by atoms with Crippen LogP contribution >= 0.6 is 11.8 Å². The zero-order valence-electron chi connectivity index (χ0n) is 13.8. The van der Waals surface area contributed by atoms with Gasteiger partial charge in [0, 0.05) is 11.3 Å². The van der Waals surface area contributed by atoms with E-state index in [1.807, 2.05) is 42.5 Å². The van der Waals surface area contributed by atoms with Crippen LogP contribution in [0.25, 0.3) is 6.08 Å². The van der Waals surface area contributed by atoms with E-state index in [-0.39, 0.29) is 18.3 Å². The Bertz CT molecular complexity index is 879. The maximum atomic E-state index is 12.9. The summed E-state index contributed by atoms with van der Waals surface area (Å²) < 4.78 is 18.3. The fourth-order valence-electron chi connectivity index (χ4n) is 2.09. The molecule has 1 N–H and O–H groups in total. The zero-order chi connectivity index (χ0) is 18.2. The molecule has 132 valence electrons. The lowest BCUT2D eigenvalue weighted by atomic mass is 10.2. The minimum absolute atomic E-state index is 0.115. The monoisotopic (exact) mass is 369 g/mol. The van der Waals surface area contributed by atoms with Gasteiger partial charge in [-0.25, -0.2) is 4.39 Å². The number of carbonyl (C=O) groups is 1. The highest BCUT2D eigenvalue weighted by Crippen LogP contribution is 2.16. The van der Waals surface area contributed by atoms with E-state index in [4.69, 9.17) is 4.42 Å². The van der Waals surface area contributed by atoms with E-state index in [2.05, 4.69) is 15.5 Å². The third kappa shape index (κ3) is 5.29. The average Bonchev–Trinajstić information content (AvgIpc) is 3.12. The van der Waals surface area contributed by atoms with Gasteiger partial charge in [0.05, 0.1) is 6.54 Å². The van der Waals surface area contributed by atoms with Crippen LogP contribution in [0.3, 0.4) is 0 Å². The first-order valence-corrected chi connectivity index (χ1v) is 8.90. The topological polar surface area (TPSA) is 68.0 Å². The number of amides is 1. The number of thioether (sulfide) groups is 1. The predicted octanol–water partition coefficient (Wildman–Crippen LogP) is 3.94. The molecule has 0 spiro atoms. The third-order valence-electron chi connectivity index (χ3n) is 3.37. The van der Waals surface area contributed by atoms with Crippen LogP contribution < -0.4 is 5.32 Å². The second kappa shape index (κ2) is 8.96. The Labute approximate surface area is 154 Å². The van der Waals surface area contributed by atoms with Crippen LogP contribution in [-0.4, -0.2) is 21.9 Å². The number of rotatable bonds is 7. The van der Waals surface area contributed by atoms with Crippen molar-refractivity contribution in [1.82, 2.24) is 15.5 Å². The minimum atomic E-state index is -0.388. The Morgan fingerprint density at radius 2 is 1.88 bits per heavy atom. The molecule has 3 rings (SSSR count). The molecule has 0 fully saturated rings. The highest BCUT2D eigenvalue weighted by Gasteiger charge is 2.09. The summed E-state index contributed by atoms with van der Waals surface area (Å²) in [6.45, 7) is 0.115. The minimum Gasteiger partial charge on any atom is -0.414 e. The van der Waals surface area contributed by atoms with Crippen LogP contribution in [0.4, 0.5) is 4.39 Å². The molecule has 1 aromatic heterocycles. The van der Waals surface area contributed by atoms with Gasteiger partial charge in [-0.2, -0.15) is 0 Å². The first-order chi connectivity index (χ1) is 12.7. The molecule has 1 heterocycles. The second-order valence-electron chi connectivity index (χ2n) is 5.28. The molecule has 0 aliphatic heterocycles. The van der Waals surface area contributed by atoms with Crippen molar-refractivity contribution in [1.29, 1.82) is 0 Å². The van der Waals surface area contributed by atoms with E-state index in [9.17, 15) is 9.18 Å². The van der Waals surface area contributed by atoms with E-state index in [1.54, 1.807) is 0 Å². The molecule has 26 heavy (non-hydrogen) atoms. The number of carbonyl (C=O) groups excluding carboxylic acids is 1. The van der Waals surface area contributed by atoms with Crippen molar-refractivity contribution in [3.05, 3.63) is 83.5 Å². The Morgan fingerprint density at radius 3 is 2.65 bits per heavy atom. The van der Waals surface area contributed by atoms with Crippen LogP contribution in [0.15, 0.2) is 70.3 Å². The fourth-order valence-corrected chi connectivity index (χ4v) is 2.68. The molecule has 0 unspecified atom stereocenters. The molecule has 0 radical (unpaired) electrons. The van der Waals surface area contributed by atoms with Crippen molar-refractivity contribution in [2.45, 2.75) is 11.8 Å². The molecule has 0 atom stereocenters. The van der Waals surface area contributed by atoms with E-state index in [0.29, 0.717) is 22.4 Å². The summed E-state index contributed by atoms with van der Waals surface area (Å²) >= 11 is 1.41. The normalized spacial score (nSPS) is 11.0. The molecule has 1 amide bonds. The van der Waals surface area contributed by atoms with Gasteiger partial charge in [-0.1, -0.05) is 54.2 Å². The molecule has 0 saturated carbocycles. The van der Waals surface area contributed by atoms with Crippen molar-refractivity contribution >= 4 is 23.7 Å². The third-order valence-corrected chi connectivity index (χ3v) is 4.14. The van der Waals surface area contributed by atoms with Gasteiger partial charge < -0.3 is 9.73 Å². The maximum absolute atomic E-state index is 12.9. The molecule has 2 aromatic carbocycles. The molecular weight excluding hydrogens is 353 g/mol. The van der Waals surface area contributed by atoms with Crippen molar-refractivity contribution < 1.29 is 13.6 Å². The van der Waals surface area contributed by atoms with E-state index < -0.39 is 0 Å². The molecule has 0 bridgehead atoms. The highest BCUT2D eigenvalue weighted by atomic mass is 32.2. The summed E-state index contributed by atoms with van der Waals surface area (Å²) in [5.74, 6) is 0.290. The van der Waals surface area contributed by atoms with E-state index in [0.717, 1.165) is 5.56 Å². The van der Waals surface area contributed by atoms with Crippen LogP contribution in [0.2, 0.25) is 0 Å². The van der Waals surface area contributed by atoms with Gasteiger partial charge in [0.1, 0.15) is 5.82 Å². The average molecular weight is 369 g/mol. The number of nitrogens with one attached hydrogen (secondary N) is 1. The number of hydrogen-bond donors (Lipinski definition) is 1. The smallest absolute Gasteiger partial charge is 0.276 e. The van der Waals surface area contributed by atoms with Crippen LogP contribution in [0.5, 0.6) is 0 Å². The SMILES string of the molecule is O=C(NCc1nnc(SCC=Cc2ccccc2)o1)c1ccc(F)cc1. The zero-order valence-corrected chi connectivity index (χ0v) is 14.6. The summed E-state index contributed by atoms with van der Waals surface area (Å²) in [5, 5.41) is 10.9. The molecule has 3 aromatic rings. The summed E-state index contributed by atoms with van der Waals surface area (Å²) in [6.07, 6.45) is 4.04. The van der Waals surface area contributed by atoms with Gasteiger partial charge in [0.15, 0.2) is 0 Å². The molecule has 7 heteroatoms. The van der Waals surface area contributed by atoms with Crippen molar-refractivity contribution in [2.24, 2.45) is 0 Å². The first kappa shape index (κ1) is 17.9. The van der Waals surface area contributed by atoms with Gasteiger partial charge in [0.25, 0.3) is 11.1 Å². The summed E-state index contributed by atoms with van der Waals surface area (Å²) in [5.41, 5.74) is 1.49. The fraction of sp³-hybridized carbons (Fsp3) is 0.105. The lowest BCUT2D eigenvalue weighted by molar-refractivity contribution is 0.0946. The summed E-state index contributed by atoms with van der Waals surface area (Å²) in [4.78, 5) is 11.9. The predicted molar refractivity (Wildman–Crippen MR) is 98.1 cm³/mol. The largest absolute Gasteiger partial charge is 0.414 e. The van der Waals surface area contributed by atoms with Crippen LogP contribution in [-0.2, 0) is 6.54 Å². The lowest BCUT2D eigenvalue weighted by Crippen LogP contribution is -2.22. The summed E-state index contributed by atoms with van der Waals surface area (Å²) in [7, 11) is 0. The van der Waals surface area contributed by atoms with E-state index >= 15 is 0 Å². The lowest BCUT2D eigenvalue weighted by Gasteiger charge is -2.01. The number of hydrogen-bond acceptors (Lipinski definition) is 5. The number of halogens is 1. The van der Waals surface area contributed by atoms with E-state index in [1.165, 1.54) is 36.0 Å². The first-order valence-electron chi connectivity index (χ1n) is 7.91. The Hall–Kier alpha value is -2.93. The van der Waals surface area contributed by atoms with Gasteiger partial charge >= 0.3 is 0 Å². The molecule has 5 nitrogen and oxygen atoms in total.